The van der Waals surface area contributed by atoms with Crippen LogP contribution in [0.2, 0.25) is 0 Å². The Balaban J connectivity index is 2.65. The van der Waals surface area contributed by atoms with Crippen LogP contribution in [0.25, 0.3) is 0 Å². The molecule has 1 rings (SSSR count). The molecule has 4 heteroatoms. The molecule has 1 N–H and O–H groups in total. The summed E-state index contributed by atoms with van der Waals surface area (Å²) in [5.41, 5.74) is 1.40. The van der Waals surface area contributed by atoms with E-state index in [1.54, 1.807) is 6.20 Å². The van der Waals surface area contributed by atoms with Crippen LogP contribution in [0.5, 0.6) is 0 Å². The van der Waals surface area contributed by atoms with E-state index in [-0.39, 0.29) is 10.7 Å². The zero-order valence-electron chi connectivity index (χ0n) is 8.25. The maximum Gasteiger partial charge on any atom is 0.270 e. The predicted octanol–water partition coefficient (Wildman–Crippen LogP) is 1.90. The van der Waals surface area contributed by atoms with Crippen molar-refractivity contribution in [2.75, 3.05) is 6.54 Å². The summed E-state index contributed by atoms with van der Waals surface area (Å²) in [6.07, 6.45) is 1.62. The average molecular weight is 257 g/mol. The van der Waals surface area contributed by atoms with Crippen LogP contribution in [-0.2, 0) is 0 Å². The SMILES string of the molecule is Cc1cccnc1C(=O)NCC(C)Br. The van der Waals surface area contributed by atoms with Gasteiger partial charge in [0, 0.05) is 17.6 Å². The van der Waals surface area contributed by atoms with E-state index in [0.29, 0.717) is 12.2 Å². The number of hydrogen-bond acceptors (Lipinski definition) is 2. The third kappa shape index (κ3) is 3.10. The van der Waals surface area contributed by atoms with E-state index in [2.05, 4.69) is 26.2 Å². The summed E-state index contributed by atoms with van der Waals surface area (Å²) < 4.78 is 0. The smallest absolute Gasteiger partial charge is 0.270 e. The second-order valence-corrected chi connectivity index (χ2v) is 4.72. The number of amides is 1. The van der Waals surface area contributed by atoms with Crippen molar-refractivity contribution in [1.29, 1.82) is 0 Å². The summed E-state index contributed by atoms with van der Waals surface area (Å²) in [5.74, 6) is -0.116. The molecule has 0 saturated carbocycles. The third-order valence-corrected chi connectivity index (χ3v) is 2.09. The normalized spacial score (nSPS) is 12.2. The minimum atomic E-state index is -0.116. The highest BCUT2D eigenvalue weighted by Crippen LogP contribution is 2.03. The van der Waals surface area contributed by atoms with Crippen molar-refractivity contribution in [2.24, 2.45) is 0 Å². The summed E-state index contributed by atoms with van der Waals surface area (Å²) in [6, 6.07) is 3.69. The molecule has 76 valence electrons. The molecule has 1 atom stereocenters. The highest BCUT2D eigenvalue weighted by molar-refractivity contribution is 9.09. The second-order valence-electron chi connectivity index (χ2n) is 3.16. The van der Waals surface area contributed by atoms with Gasteiger partial charge in [-0.05, 0) is 18.6 Å². The van der Waals surface area contributed by atoms with Gasteiger partial charge in [-0.25, -0.2) is 0 Å². The first-order valence-corrected chi connectivity index (χ1v) is 5.36. The first kappa shape index (κ1) is 11.2. The van der Waals surface area contributed by atoms with Crippen LogP contribution in [0.4, 0.5) is 0 Å². The second kappa shape index (κ2) is 5.10. The Kier molecular flexibility index (Phi) is 4.07. The fourth-order valence-electron chi connectivity index (χ4n) is 1.04. The zero-order valence-corrected chi connectivity index (χ0v) is 9.84. The van der Waals surface area contributed by atoms with Gasteiger partial charge in [-0.2, -0.15) is 0 Å². The van der Waals surface area contributed by atoms with E-state index in [0.717, 1.165) is 5.56 Å². The topological polar surface area (TPSA) is 42.0 Å². The lowest BCUT2D eigenvalue weighted by atomic mass is 10.2. The molecule has 0 aliphatic rings. The Bertz CT molecular complexity index is 326. The van der Waals surface area contributed by atoms with E-state index in [4.69, 9.17) is 0 Å². The number of carbonyl (C=O) groups excluding carboxylic acids is 1. The Morgan fingerprint density at radius 2 is 2.43 bits per heavy atom. The van der Waals surface area contributed by atoms with E-state index < -0.39 is 0 Å². The summed E-state index contributed by atoms with van der Waals surface area (Å²) in [4.78, 5) is 15.9. The lowest BCUT2D eigenvalue weighted by Crippen LogP contribution is -2.29. The lowest BCUT2D eigenvalue weighted by molar-refractivity contribution is 0.0948. The highest BCUT2D eigenvalue weighted by Gasteiger charge is 2.09. The highest BCUT2D eigenvalue weighted by atomic mass is 79.9. The molecule has 1 aromatic rings. The van der Waals surface area contributed by atoms with Gasteiger partial charge < -0.3 is 5.32 Å². The van der Waals surface area contributed by atoms with Gasteiger partial charge in [-0.15, -0.1) is 0 Å². The number of pyridine rings is 1. The predicted molar refractivity (Wildman–Crippen MR) is 59.7 cm³/mol. The zero-order chi connectivity index (χ0) is 10.6. The number of alkyl halides is 1. The maximum atomic E-state index is 11.6. The maximum absolute atomic E-state index is 11.6. The minimum absolute atomic E-state index is 0.116. The monoisotopic (exact) mass is 256 g/mol. The van der Waals surface area contributed by atoms with Crippen molar-refractivity contribution in [3.8, 4) is 0 Å². The summed E-state index contributed by atoms with van der Waals surface area (Å²) in [7, 11) is 0. The molecule has 1 unspecified atom stereocenters. The fraction of sp³-hybridized carbons (Fsp3) is 0.400. The Hall–Kier alpha value is -0.900. The number of nitrogens with one attached hydrogen (secondary N) is 1. The van der Waals surface area contributed by atoms with Crippen LogP contribution < -0.4 is 5.32 Å². The van der Waals surface area contributed by atoms with Gasteiger partial charge in [-0.1, -0.05) is 28.9 Å². The van der Waals surface area contributed by atoms with Crippen LogP contribution in [0.3, 0.4) is 0 Å². The molecule has 0 aromatic carbocycles. The summed E-state index contributed by atoms with van der Waals surface area (Å²) in [6.45, 7) is 4.46. The van der Waals surface area contributed by atoms with Gasteiger partial charge in [0.2, 0.25) is 0 Å². The van der Waals surface area contributed by atoms with Gasteiger partial charge in [0.25, 0.3) is 5.91 Å². The van der Waals surface area contributed by atoms with Crippen LogP contribution in [0.15, 0.2) is 18.3 Å². The van der Waals surface area contributed by atoms with Crippen LogP contribution in [0, 0.1) is 6.92 Å². The first-order valence-electron chi connectivity index (χ1n) is 4.45. The molecule has 0 aliphatic heterocycles. The van der Waals surface area contributed by atoms with Crippen LogP contribution >= 0.6 is 15.9 Å². The molecule has 0 saturated heterocycles. The van der Waals surface area contributed by atoms with Crippen molar-refractivity contribution in [2.45, 2.75) is 18.7 Å². The fourth-order valence-corrected chi connectivity index (χ4v) is 1.20. The van der Waals surface area contributed by atoms with E-state index in [1.165, 1.54) is 0 Å². The van der Waals surface area contributed by atoms with Gasteiger partial charge in [-0.3, -0.25) is 9.78 Å². The van der Waals surface area contributed by atoms with Crippen molar-refractivity contribution in [3.63, 3.8) is 0 Å². The van der Waals surface area contributed by atoms with Crippen molar-refractivity contribution < 1.29 is 4.79 Å². The summed E-state index contributed by atoms with van der Waals surface area (Å²) >= 11 is 3.36. The molecule has 14 heavy (non-hydrogen) atoms. The van der Waals surface area contributed by atoms with Crippen molar-refractivity contribution in [3.05, 3.63) is 29.6 Å². The molecule has 1 heterocycles. The van der Waals surface area contributed by atoms with Gasteiger partial charge >= 0.3 is 0 Å². The van der Waals surface area contributed by atoms with Gasteiger partial charge in [0.15, 0.2) is 0 Å². The number of aryl methyl sites for hydroxylation is 1. The third-order valence-electron chi connectivity index (χ3n) is 1.77. The van der Waals surface area contributed by atoms with Crippen LogP contribution in [0.1, 0.15) is 23.0 Å². The van der Waals surface area contributed by atoms with Crippen LogP contribution in [-0.4, -0.2) is 22.3 Å². The largest absolute Gasteiger partial charge is 0.350 e. The first-order chi connectivity index (χ1) is 6.61. The minimum Gasteiger partial charge on any atom is -0.350 e. The number of aromatic nitrogens is 1. The van der Waals surface area contributed by atoms with E-state index in [9.17, 15) is 4.79 Å². The Morgan fingerprint density at radius 3 is 3.00 bits per heavy atom. The van der Waals surface area contributed by atoms with E-state index >= 15 is 0 Å². The quantitative estimate of drug-likeness (QED) is 0.840. The van der Waals surface area contributed by atoms with Gasteiger partial charge in [0.05, 0.1) is 0 Å². The Morgan fingerprint density at radius 1 is 1.71 bits per heavy atom. The molecule has 0 spiro atoms. The number of hydrogen-bond donors (Lipinski definition) is 1. The number of rotatable bonds is 3. The van der Waals surface area contributed by atoms with Crippen molar-refractivity contribution >= 4 is 21.8 Å². The average Bonchev–Trinajstić information content (AvgIpc) is 2.15. The number of halogens is 1. The standard InChI is InChI=1S/C10H13BrN2O/c1-7-4-3-5-12-9(7)10(14)13-6-8(2)11/h3-5,8H,6H2,1-2H3,(H,13,14). The molecule has 0 radical (unpaired) electrons. The molecule has 0 aliphatic carbocycles. The molecule has 1 aromatic heterocycles. The lowest BCUT2D eigenvalue weighted by Gasteiger charge is -2.07. The number of carbonyl (C=O) groups is 1. The molecule has 3 nitrogen and oxygen atoms in total. The van der Waals surface area contributed by atoms with E-state index in [1.807, 2.05) is 26.0 Å². The molecule has 0 bridgehead atoms. The molecular formula is C10H13BrN2O. The van der Waals surface area contributed by atoms with Gasteiger partial charge in [0.1, 0.15) is 5.69 Å². The summed E-state index contributed by atoms with van der Waals surface area (Å²) in [5, 5.41) is 2.79. The molecule has 1 amide bonds. The molecular weight excluding hydrogens is 244 g/mol. The van der Waals surface area contributed by atoms with Crippen molar-refractivity contribution in [1.82, 2.24) is 10.3 Å². The molecule has 0 fully saturated rings. The Labute approximate surface area is 92.1 Å². The number of nitrogens with zero attached hydrogens (tertiary/aromatic N) is 1.